The predicted octanol–water partition coefficient (Wildman–Crippen LogP) is 18.0. The monoisotopic (exact) mass is 1380 g/mol. The van der Waals surface area contributed by atoms with Gasteiger partial charge in [-0.1, -0.05) is 201 Å². The van der Waals surface area contributed by atoms with E-state index < -0.39 is 0 Å². The van der Waals surface area contributed by atoms with Crippen molar-refractivity contribution in [2.45, 2.75) is 212 Å². The lowest BCUT2D eigenvalue weighted by molar-refractivity contribution is -0.152. The Bertz CT molecular complexity index is 2940. The van der Waals surface area contributed by atoms with Gasteiger partial charge in [0.25, 0.3) is 0 Å². The number of hydrogen-bond donors (Lipinski definition) is 0. The molecular weight excluding hydrogens is 1250 g/mol. The van der Waals surface area contributed by atoms with Crippen molar-refractivity contribution in [2.75, 3.05) is 96.5 Å². The Hall–Kier alpha value is -7.39. The van der Waals surface area contributed by atoms with Crippen molar-refractivity contribution >= 4 is 17.9 Å². The molecule has 6 rings (SSSR count). The highest BCUT2D eigenvalue weighted by Gasteiger charge is 2.21. The summed E-state index contributed by atoms with van der Waals surface area (Å²) in [6.07, 6.45) is 26.4. The van der Waals surface area contributed by atoms with Crippen molar-refractivity contribution in [1.29, 1.82) is 0 Å². The van der Waals surface area contributed by atoms with Crippen LogP contribution in [0, 0.1) is 0 Å². The zero-order chi connectivity index (χ0) is 72.4. The summed E-state index contributed by atoms with van der Waals surface area (Å²) in [5, 5.41) is 0. The van der Waals surface area contributed by atoms with Gasteiger partial charge < -0.3 is 52.6 Å². The molecule has 0 aliphatic rings. The number of para-hydroxylation sites is 2. The fourth-order valence-corrected chi connectivity index (χ4v) is 11.8. The van der Waals surface area contributed by atoms with Crippen LogP contribution in [0.5, 0.6) is 28.7 Å². The summed E-state index contributed by atoms with van der Waals surface area (Å²) < 4.78 is 45.5. The van der Waals surface area contributed by atoms with E-state index in [0.29, 0.717) is 45.6 Å². The Kier molecular flexibility index (Phi) is 44.7. The van der Waals surface area contributed by atoms with Crippen LogP contribution in [-0.2, 0) is 73.5 Å². The number of aryl methyl sites for hydroxylation is 7. The number of carbonyl (C=O) groups excluding carboxylic acids is 3. The highest BCUT2D eigenvalue weighted by Crippen LogP contribution is 2.25. The fourth-order valence-electron chi connectivity index (χ4n) is 11.8. The third-order valence-corrected chi connectivity index (χ3v) is 17.5. The van der Waals surface area contributed by atoms with Crippen LogP contribution in [-0.4, -0.2) is 147 Å². The number of rotatable bonds is 49. The van der Waals surface area contributed by atoms with Crippen LogP contribution in [0.3, 0.4) is 0 Å². The van der Waals surface area contributed by atoms with Gasteiger partial charge in [-0.05, 0) is 200 Å². The maximum Gasteiger partial charge on any atom is 0.306 e. The maximum atomic E-state index is 12.4. The standard InChI is InChI=1S/C29H43NO4.C29H43NO3.C28H41NO4/c1-5-6-7-8-9-10-15-29(31)34-27(22-30(2)3)23-33-28-14-12-11-13-25(28)19-16-24-17-20-26(32-4)21-18-24;1-5-6-7-8-9-14-29(31)33-28(23-30(2)3)22-19-26-13-11-10-12-25(26)18-15-24-16-20-27(32-4)21-17-24;1-5-6-7-8-9-14-28(30)33-26(21-29(2)3)22-32-27-13-11-10-12-24(27)18-15-23-16-19-25(31-4)20-17-23/h11-14,17-18,20-21,27H,5-10,15-16,19,22-23H2,1-4H3;10-13,16-17,20-21,28H,5-9,14-15,18-19,22-23H2,1-4H3;10-13,16-17,19-20,26H,5-9,14-15,18,21-22H2,1-4H3/t;28-;26-/m.11/s1. The molecule has 14 heteroatoms. The zero-order valence-corrected chi connectivity index (χ0v) is 63.5. The second-order valence-corrected chi connectivity index (χ2v) is 27.2. The first-order valence-corrected chi connectivity index (χ1v) is 37.4. The molecule has 0 aliphatic heterocycles. The summed E-state index contributed by atoms with van der Waals surface area (Å²) in [6, 6.07) is 49.5. The second kappa shape index (κ2) is 52.6. The SMILES string of the molecule is CCCCCCCC(=O)O[C@@H](COc1ccccc1CCc1ccc(OC)cc1)CN(C)C.CCCCCCCC(=O)O[C@H](CCc1ccccc1CCc1ccc(OC)cc1)CN(C)C.CCCCCCCCC(=O)OC(COc1ccccc1CCc1ccc(OC)cc1)CN(C)C. The molecule has 3 atom stereocenters. The number of likely N-dealkylation sites (N-methyl/N-ethyl adjacent to an activating group) is 3. The third-order valence-electron chi connectivity index (χ3n) is 17.5. The van der Waals surface area contributed by atoms with E-state index in [9.17, 15) is 14.4 Å². The van der Waals surface area contributed by atoms with Gasteiger partial charge in [0, 0.05) is 38.9 Å². The molecule has 6 aromatic carbocycles. The van der Waals surface area contributed by atoms with Crippen LogP contribution in [0.4, 0.5) is 0 Å². The Morgan fingerprint density at radius 3 is 0.930 bits per heavy atom. The fraction of sp³-hybridized carbons (Fsp3) is 0.547. The third kappa shape index (κ3) is 38.4. The van der Waals surface area contributed by atoms with Crippen molar-refractivity contribution < 1.29 is 52.3 Å². The summed E-state index contributed by atoms with van der Waals surface area (Å²) in [5.41, 5.74) is 8.85. The molecule has 0 N–H and O–H groups in total. The Morgan fingerprint density at radius 1 is 0.320 bits per heavy atom. The van der Waals surface area contributed by atoms with Gasteiger partial charge in [0.15, 0.2) is 0 Å². The summed E-state index contributed by atoms with van der Waals surface area (Å²) in [4.78, 5) is 43.3. The van der Waals surface area contributed by atoms with Crippen LogP contribution in [0.15, 0.2) is 146 Å². The molecule has 552 valence electrons. The van der Waals surface area contributed by atoms with E-state index in [1.807, 2.05) is 125 Å². The van der Waals surface area contributed by atoms with E-state index >= 15 is 0 Å². The van der Waals surface area contributed by atoms with Gasteiger partial charge in [0.05, 0.1) is 21.3 Å². The molecule has 1 unspecified atom stereocenters. The number of methoxy groups -OCH3 is 3. The molecule has 100 heavy (non-hydrogen) atoms. The lowest BCUT2D eigenvalue weighted by Crippen LogP contribution is -2.35. The number of unbranched alkanes of at least 4 members (excludes halogenated alkanes) is 13. The first-order chi connectivity index (χ1) is 48.5. The van der Waals surface area contributed by atoms with Crippen molar-refractivity contribution in [3.05, 3.63) is 185 Å². The molecule has 0 amide bonds. The number of nitrogens with zero attached hydrogens (tertiary/aromatic N) is 3. The first-order valence-electron chi connectivity index (χ1n) is 37.4. The molecule has 0 bridgehead atoms. The van der Waals surface area contributed by atoms with Crippen molar-refractivity contribution in [1.82, 2.24) is 14.7 Å². The lowest BCUT2D eigenvalue weighted by atomic mass is 9.96. The van der Waals surface area contributed by atoms with Gasteiger partial charge in [0.1, 0.15) is 60.3 Å². The van der Waals surface area contributed by atoms with Gasteiger partial charge in [-0.3, -0.25) is 14.4 Å². The van der Waals surface area contributed by atoms with Gasteiger partial charge in [-0.2, -0.15) is 0 Å². The lowest BCUT2D eigenvalue weighted by Gasteiger charge is -2.22. The number of ether oxygens (including phenoxy) is 8. The largest absolute Gasteiger partial charge is 0.497 e. The number of hydrogen-bond acceptors (Lipinski definition) is 14. The van der Waals surface area contributed by atoms with Crippen molar-refractivity contribution in [2.24, 2.45) is 0 Å². The van der Waals surface area contributed by atoms with Gasteiger partial charge in [-0.15, -0.1) is 0 Å². The van der Waals surface area contributed by atoms with E-state index in [1.54, 1.807) is 21.3 Å². The minimum absolute atomic E-state index is 0.0499. The van der Waals surface area contributed by atoms with E-state index in [2.05, 4.69) is 98.5 Å². The molecular formula is C86H127N3O11. The van der Waals surface area contributed by atoms with Crippen molar-refractivity contribution in [3.63, 3.8) is 0 Å². The number of benzene rings is 6. The van der Waals surface area contributed by atoms with Crippen LogP contribution >= 0.6 is 0 Å². The van der Waals surface area contributed by atoms with Crippen LogP contribution in [0.2, 0.25) is 0 Å². The second-order valence-electron chi connectivity index (χ2n) is 27.2. The summed E-state index contributed by atoms with van der Waals surface area (Å²) in [7, 11) is 17.1. The molecule has 6 aromatic rings. The van der Waals surface area contributed by atoms with E-state index in [-0.39, 0.29) is 36.2 Å². The molecule has 0 saturated carbocycles. The van der Waals surface area contributed by atoms with Crippen LogP contribution in [0.25, 0.3) is 0 Å². The molecule has 0 aliphatic carbocycles. The molecule has 0 radical (unpaired) electrons. The average molecular weight is 1380 g/mol. The quantitative estimate of drug-likeness (QED) is 0.0204. The van der Waals surface area contributed by atoms with Crippen LogP contribution in [0.1, 0.15) is 188 Å². The Morgan fingerprint density at radius 2 is 0.600 bits per heavy atom. The molecule has 0 aromatic heterocycles. The number of esters is 3. The summed E-state index contributed by atoms with van der Waals surface area (Å²) in [6.45, 7) is 9.33. The predicted molar refractivity (Wildman–Crippen MR) is 410 cm³/mol. The average Bonchev–Trinajstić information content (AvgIpc) is 0.923. The molecule has 0 heterocycles. The summed E-state index contributed by atoms with van der Waals surface area (Å²) in [5.74, 6) is 4.02. The normalized spacial score (nSPS) is 11.9. The van der Waals surface area contributed by atoms with Crippen molar-refractivity contribution in [3.8, 4) is 28.7 Å². The minimum atomic E-state index is -0.294. The van der Waals surface area contributed by atoms with Crippen LogP contribution < -0.4 is 23.7 Å². The zero-order valence-electron chi connectivity index (χ0n) is 63.5. The van der Waals surface area contributed by atoms with Gasteiger partial charge in [0.2, 0.25) is 0 Å². The molecule has 14 nitrogen and oxygen atoms in total. The highest BCUT2D eigenvalue weighted by molar-refractivity contribution is 5.70. The number of carbonyl (C=O) groups is 3. The summed E-state index contributed by atoms with van der Waals surface area (Å²) >= 11 is 0. The smallest absolute Gasteiger partial charge is 0.306 e. The van der Waals surface area contributed by atoms with E-state index in [1.165, 1.54) is 92.0 Å². The topological polar surface area (TPSA) is 135 Å². The molecule has 0 saturated heterocycles. The van der Waals surface area contributed by atoms with Gasteiger partial charge in [-0.25, -0.2) is 0 Å². The molecule has 0 spiro atoms. The van der Waals surface area contributed by atoms with Gasteiger partial charge >= 0.3 is 17.9 Å². The molecule has 0 fully saturated rings. The first kappa shape index (κ1) is 85.0. The Labute approximate surface area is 604 Å². The maximum absolute atomic E-state index is 12.4. The van der Waals surface area contributed by atoms with E-state index in [0.717, 1.165) is 136 Å². The highest BCUT2D eigenvalue weighted by atomic mass is 16.6. The van der Waals surface area contributed by atoms with E-state index in [4.69, 9.17) is 37.9 Å². The minimum Gasteiger partial charge on any atom is -0.497 e. The Balaban J connectivity index is 0.000000318.